The number of rotatable bonds is 14. The number of hydrogen-bond donors (Lipinski definition) is 0. The van der Waals surface area contributed by atoms with E-state index in [2.05, 4.69) is 6.92 Å². The molecule has 1 heterocycles. The summed E-state index contributed by atoms with van der Waals surface area (Å²) in [6.07, 6.45) is 16.4. The molecule has 0 saturated heterocycles. The van der Waals surface area contributed by atoms with Gasteiger partial charge in [-0.3, -0.25) is 0 Å². The van der Waals surface area contributed by atoms with Crippen LogP contribution in [0.15, 0.2) is 36.8 Å². The first kappa shape index (κ1) is 28.0. The van der Waals surface area contributed by atoms with Crippen LogP contribution in [0.3, 0.4) is 0 Å². The van der Waals surface area contributed by atoms with Crippen molar-refractivity contribution in [3.63, 3.8) is 0 Å². The number of aryl methyl sites for hydroxylation is 1. The monoisotopic (exact) mass is 489 g/mol. The van der Waals surface area contributed by atoms with Crippen molar-refractivity contribution in [1.29, 1.82) is 0 Å². The Balaban J connectivity index is 0.00000480. The van der Waals surface area contributed by atoms with Crippen LogP contribution in [0.4, 0.5) is 0 Å². The van der Waals surface area contributed by atoms with E-state index in [9.17, 15) is 8.42 Å². The topological polar surface area (TPSA) is 46.2 Å². The van der Waals surface area contributed by atoms with Crippen molar-refractivity contribution in [3.05, 3.63) is 41.8 Å². The molecule has 0 unspecified atom stereocenters. The van der Waals surface area contributed by atoms with Crippen LogP contribution >= 0.6 is 11.6 Å². The summed E-state index contributed by atoms with van der Waals surface area (Å²) in [5.74, 6) is 0. The highest BCUT2D eigenvalue weighted by Gasteiger charge is 2.29. The number of imidazole rings is 1. The zero-order valence-corrected chi connectivity index (χ0v) is 21.4. The Morgan fingerprint density at radius 1 is 0.968 bits per heavy atom. The van der Waals surface area contributed by atoms with Crippen molar-refractivity contribution in [2.75, 3.05) is 14.1 Å². The molecule has 0 amide bonds. The van der Waals surface area contributed by atoms with Crippen molar-refractivity contribution in [1.82, 2.24) is 8.28 Å². The molecular weight excluding hydrogens is 453 g/mol. The van der Waals surface area contributed by atoms with E-state index in [1.807, 2.05) is 22.9 Å². The molecule has 0 aliphatic carbocycles. The molecule has 176 valence electrons. The second-order valence-electron chi connectivity index (χ2n) is 8.15. The third-order valence-electron chi connectivity index (χ3n) is 5.38. The molecule has 0 radical (unpaired) electrons. The predicted octanol–water partition coefficient (Wildman–Crippen LogP) is 2.68. The quantitative estimate of drug-likeness (QED) is 0.302. The van der Waals surface area contributed by atoms with E-state index < -0.39 is 10.2 Å². The van der Waals surface area contributed by atoms with Gasteiger partial charge in [-0.05, 0) is 25.0 Å². The van der Waals surface area contributed by atoms with Crippen LogP contribution in [0.5, 0.6) is 0 Å². The molecule has 0 fully saturated rings. The fourth-order valence-corrected chi connectivity index (χ4v) is 4.74. The highest BCUT2D eigenvalue weighted by Crippen LogP contribution is 2.24. The molecule has 1 aromatic carbocycles. The summed E-state index contributed by atoms with van der Waals surface area (Å²) in [5.41, 5.74) is 1.41. The summed E-state index contributed by atoms with van der Waals surface area (Å²) in [7, 11) is -0.523. The Kier molecular flexibility index (Phi) is 12.8. The zero-order valence-electron chi connectivity index (χ0n) is 19.1. The summed E-state index contributed by atoms with van der Waals surface area (Å²) in [4.78, 5) is 0. The maximum atomic E-state index is 12.8. The Morgan fingerprint density at radius 3 is 2.10 bits per heavy atom. The molecule has 0 bridgehead atoms. The third-order valence-corrected chi connectivity index (χ3v) is 7.33. The first-order valence-electron chi connectivity index (χ1n) is 11.2. The lowest BCUT2D eigenvalue weighted by Gasteiger charge is -2.09. The van der Waals surface area contributed by atoms with E-state index >= 15 is 0 Å². The van der Waals surface area contributed by atoms with Crippen LogP contribution in [-0.2, 0) is 16.8 Å². The SMILES string of the molecule is CCCCCCCCCCCC[n+]1cc(-c2cccc(Cl)c2)n(S(=O)(=O)N(C)C)c1.[Cl-]. The van der Waals surface area contributed by atoms with Crippen LogP contribution in [-0.4, -0.2) is 30.8 Å². The largest absolute Gasteiger partial charge is 1.00 e. The van der Waals surface area contributed by atoms with Crippen LogP contribution in [0.25, 0.3) is 11.3 Å². The van der Waals surface area contributed by atoms with Gasteiger partial charge in [-0.25, -0.2) is 4.57 Å². The maximum absolute atomic E-state index is 12.8. The second-order valence-corrected chi connectivity index (χ2v) is 10.6. The summed E-state index contributed by atoms with van der Waals surface area (Å²) in [5, 5.41) is 0.587. The number of halogens is 2. The molecule has 8 heteroatoms. The van der Waals surface area contributed by atoms with Crippen LogP contribution in [0, 0.1) is 0 Å². The Bertz CT molecular complexity index is 883. The van der Waals surface area contributed by atoms with Gasteiger partial charge in [0.25, 0.3) is 6.33 Å². The molecule has 0 aliphatic rings. The predicted molar refractivity (Wildman–Crippen MR) is 125 cm³/mol. The van der Waals surface area contributed by atoms with Crippen LogP contribution in [0.2, 0.25) is 5.02 Å². The minimum atomic E-state index is -3.61. The van der Waals surface area contributed by atoms with Crippen molar-refractivity contribution >= 4 is 21.8 Å². The molecule has 0 saturated carbocycles. The maximum Gasteiger partial charge on any atom is 0.379 e. The lowest BCUT2D eigenvalue weighted by molar-refractivity contribution is -0.696. The highest BCUT2D eigenvalue weighted by molar-refractivity contribution is 7.87. The van der Waals surface area contributed by atoms with Gasteiger partial charge >= 0.3 is 10.2 Å². The summed E-state index contributed by atoms with van der Waals surface area (Å²) >= 11 is 6.13. The molecule has 0 atom stereocenters. The molecule has 0 spiro atoms. The van der Waals surface area contributed by atoms with Gasteiger partial charge in [0, 0.05) is 24.7 Å². The summed E-state index contributed by atoms with van der Waals surface area (Å²) in [6.45, 7) is 3.06. The van der Waals surface area contributed by atoms with Crippen LogP contribution < -0.4 is 17.0 Å². The molecule has 0 aliphatic heterocycles. The molecule has 1 aromatic heterocycles. The average molecular weight is 491 g/mol. The Labute approximate surface area is 200 Å². The minimum Gasteiger partial charge on any atom is -1.00 e. The first-order valence-corrected chi connectivity index (χ1v) is 12.9. The standard InChI is InChI=1S/C23H37ClN3O2S.ClH/c1-4-5-6-7-8-9-10-11-12-13-17-26-19-23(21-15-14-16-22(24)18-21)27(20-26)30(28,29)25(2)3;/h14-16,18-20H,4-13,17H2,1-3H3;1H/q+1;/p-1. The molecular formula is C23H37Cl2N3O2S. The van der Waals surface area contributed by atoms with Gasteiger partial charge in [-0.1, -0.05) is 82.0 Å². The van der Waals surface area contributed by atoms with Gasteiger partial charge in [-0.2, -0.15) is 12.7 Å². The molecule has 5 nitrogen and oxygen atoms in total. The highest BCUT2D eigenvalue weighted by atomic mass is 35.5. The fourth-order valence-electron chi connectivity index (χ4n) is 3.56. The Hall–Kier alpha value is -1.08. The van der Waals surface area contributed by atoms with Crippen molar-refractivity contribution in [2.24, 2.45) is 0 Å². The van der Waals surface area contributed by atoms with E-state index in [0.717, 1.165) is 18.5 Å². The molecule has 0 N–H and O–H groups in total. The zero-order chi connectivity index (χ0) is 22.0. The van der Waals surface area contributed by atoms with E-state index in [1.165, 1.54) is 66.1 Å². The van der Waals surface area contributed by atoms with Crippen molar-refractivity contribution in [2.45, 2.75) is 77.7 Å². The third kappa shape index (κ3) is 8.76. The number of hydrogen-bond acceptors (Lipinski definition) is 2. The molecule has 31 heavy (non-hydrogen) atoms. The fraction of sp³-hybridized carbons (Fsp3) is 0.609. The number of unbranched alkanes of at least 4 members (excludes halogenated alkanes) is 9. The van der Waals surface area contributed by atoms with Gasteiger partial charge in [0.2, 0.25) is 0 Å². The van der Waals surface area contributed by atoms with Crippen molar-refractivity contribution < 1.29 is 25.4 Å². The minimum absolute atomic E-state index is 0. The van der Waals surface area contributed by atoms with E-state index in [4.69, 9.17) is 11.6 Å². The van der Waals surface area contributed by atoms with E-state index in [-0.39, 0.29) is 12.4 Å². The smallest absolute Gasteiger partial charge is 0.379 e. The number of benzene rings is 1. The van der Waals surface area contributed by atoms with Crippen LogP contribution in [0.1, 0.15) is 71.1 Å². The average Bonchev–Trinajstić information content (AvgIpc) is 3.14. The van der Waals surface area contributed by atoms with Gasteiger partial charge in [-0.15, -0.1) is 3.97 Å². The number of nitrogens with zero attached hydrogens (tertiary/aromatic N) is 3. The van der Waals surface area contributed by atoms with Gasteiger partial charge in [0.05, 0.1) is 6.54 Å². The van der Waals surface area contributed by atoms with E-state index in [1.54, 1.807) is 32.6 Å². The molecule has 2 rings (SSSR count). The number of aromatic nitrogens is 2. The van der Waals surface area contributed by atoms with Crippen molar-refractivity contribution in [3.8, 4) is 11.3 Å². The van der Waals surface area contributed by atoms with Gasteiger partial charge < -0.3 is 12.4 Å². The normalized spacial score (nSPS) is 11.6. The lowest BCUT2D eigenvalue weighted by Crippen LogP contribution is -3.00. The second kappa shape index (κ2) is 14.1. The van der Waals surface area contributed by atoms with Gasteiger partial charge in [0.1, 0.15) is 6.20 Å². The summed E-state index contributed by atoms with van der Waals surface area (Å²) < 4.78 is 30.2. The van der Waals surface area contributed by atoms with Gasteiger partial charge in [0.15, 0.2) is 5.69 Å². The summed E-state index contributed by atoms with van der Waals surface area (Å²) in [6, 6.07) is 7.30. The lowest BCUT2D eigenvalue weighted by atomic mass is 10.1. The molecule has 2 aromatic rings. The van der Waals surface area contributed by atoms with E-state index in [0.29, 0.717) is 10.7 Å². The Morgan fingerprint density at radius 2 is 1.55 bits per heavy atom. The first-order chi connectivity index (χ1) is 14.4.